The minimum Gasteiger partial charge on any atom is -0.466 e. The van der Waals surface area contributed by atoms with Gasteiger partial charge in [0.2, 0.25) is 5.91 Å². The molecule has 1 amide bonds. The van der Waals surface area contributed by atoms with Crippen molar-refractivity contribution in [2.24, 2.45) is 11.8 Å². The smallest absolute Gasteiger partial charge is 0.309 e. The van der Waals surface area contributed by atoms with E-state index in [2.05, 4.69) is 12.1 Å². The number of esters is 1. The Morgan fingerprint density at radius 2 is 2.00 bits per heavy atom. The number of methoxy groups -OCH3 is 1. The Hall–Kier alpha value is -1.88. The number of carbonyl (C=O) groups excluding carboxylic acids is 2. The SMILES string of the molecule is CCOC(=O)[C@@H]1C[C@H]1CN(CCCc1ccccc1)C(=O)COC. The molecule has 0 radical (unpaired) electrons. The summed E-state index contributed by atoms with van der Waals surface area (Å²) in [4.78, 5) is 25.8. The molecule has 0 saturated heterocycles. The fraction of sp³-hybridized carbons (Fsp3) is 0.579. The molecule has 5 nitrogen and oxygen atoms in total. The molecular weight excluding hydrogens is 306 g/mol. The van der Waals surface area contributed by atoms with Gasteiger partial charge in [-0.3, -0.25) is 9.59 Å². The van der Waals surface area contributed by atoms with Gasteiger partial charge in [-0.1, -0.05) is 30.3 Å². The van der Waals surface area contributed by atoms with Gasteiger partial charge in [0.25, 0.3) is 0 Å². The lowest BCUT2D eigenvalue weighted by molar-refractivity contribution is -0.145. The number of ether oxygens (including phenoxy) is 2. The molecule has 0 unspecified atom stereocenters. The van der Waals surface area contributed by atoms with Crippen LogP contribution in [0.25, 0.3) is 0 Å². The Morgan fingerprint density at radius 1 is 1.25 bits per heavy atom. The zero-order valence-electron chi connectivity index (χ0n) is 14.6. The highest BCUT2D eigenvalue weighted by Gasteiger charge is 2.45. The standard InChI is InChI=1S/C19H27NO4/c1-3-24-19(22)17-12-16(17)13-20(18(21)14-23-2)11-7-10-15-8-5-4-6-9-15/h4-6,8-9,16-17H,3,7,10-14H2,1-2H3/t16-,17+/m0/s1. The molecule has 1 aliphatic carbocycles. The van der Waals surface area contributed by atoms with Crippen LogP contribution in [0.2, 0.25) is 0 Å². The van der Waals surface area contributed by atoms with Crippen molar-refractivity contribution in [2.75, 3.05) is 33.4 Å². The van der Waals surface area contributed by atoms with Crippen LogP contribution in [0.3, 0.4) is 0 Å². The first kappa shape index (κ1) is 18.5. The second-order valence-electron chi connectivity index (χ2n) is 6.22. The summed E-state index contributed by atoms with van der Waals surface area (Å²) in [6, 6.07) is 10.2. The van der Waals surface area contributed by atoms with E-state index in [1.807, 2.05) is 30.0 Å². The lowest BCUT2D eigenvalue weighted by Crippen LogP contribution is -2.37. The van der Waals surface area contributed by atoms with Crippen molar-refractivity contribution in [2.45, 2.75) is 26.2 Å². The van der Waals surface area contributed by atoms with Crippen LogP contribution in [0.4, 0.5) is 0 Å². The second-order valence-corrected chi connectivity index (χ2v) is 6.22. The van der Waals surface area contributed by atoms with Gasteiger partial charge in [0.05, 0.1) is 12.5 Å². The Kier molecular flexibility index (Phi) is 7.25. The van der Waals surface area contributed by atoms with Crippen molar-refractivity contribution in [3.63, 3.8) is 0 Å². The second kappa shape index (κ2) is 9.42. The number of nitrogens with zero attached hydrogens (tertiary/aromatic N) is 1. The molecule has 0 spiro atoms. The van der Waals surface area contributed by atoms with E-state index in [0.717, 1.165) is 19.3 Å². The molecular formula is C19H27NO4. The maximum absolute atomic E-state index is 12.2. The maximum Gasteiger partial charge on any atom is 0.309 e. The molecule has 0 N–H and O–H groups in total. The molecule has 1 aromatic carbocycles. The largest absolute Gasteiger partial charge is 0.466 e. The number of benzene rings is 1. The third-order valence-corrected chi connectivity index (χ3v) is 4.32. The lowest BCUT2D eigenvalue weighted by Gasteiger charge is -2.22. The molecule has 1 aromatic rings. The fourth-order valence-corrected chi connectivity index (χ4v) is 2.92. The summed E-state index contributed by atoms with van der Waals surface area (Å²) in [5.74, 6) is 0.0319. The van der Waals surface area contributed by atoms with Crippen molar-refractivity contribution >= 4 is 11.9 Å². The molecule has 1 aliphatic rings. The first-order valence-electron chi connectivity index (χ1n) is 8.63. The van der Waals surface area contributed by atoms with Gasteiger partial charge in [-0.25, -0.2) is 0 Å². The van der Waals surface area contributed by atoms with E-state index in [0.29, 0.717) is 19.7 Å². The average Bonchev–Trinajstić information content (AvgIpc) is 3.35. The fourth-order valence-electron chi connectivity index (χ4n) is 2.92. The monoisotopic (exact) mass is 333 g/mol. The molecule has 0 aliphatic heterocycles. The molecule has 0 heterocycles. The molecule has 1 saturated carbocycles. The highest BCUT2D eigenvalue weighted by molar-refractivity contribution is 5.78. The molecule has 2 atom stereocenters. The van der Waals surface area contributed by atoms with Crippen molar-refractivity contribution in [1.29, 1.82) is 0 Å². The van der Waals surface area contributed by atoms with Gasteiger partial charge in [-0.2, -0.15) is 0 Å². The van der Waals surface area contributed by atoms with Gasteiger partial charge in [0, 0.05) is 20.2 Å². The number of hydrogen-bond acceptors (Lipinski definition) is 4. The predicted molar refractivity (Wildman–Crippen MR) is 91.4 cm³/mol. The normalized spacial score (nSPS) is 18.9. The first-order valence-corrected chi connectivity index (χ1v) is 8.63. The highest BCUT2D eigenvalue weighted by atomic mass is 16.5. The van der Waals surface area contributed by atoms with E-state index in [1.54, 1.807) is 0 Å². The van der Waals surface area contributed by atoms with Crippen LogP contribution in [-0.4, -0.2) is 50.2 Å². The van der Waals surface area contributed by atoms with E-state index < -0.39 is 0 Å². The summed E-state index contributed by atoms with van der Waals surface area (Å²) >= 11 is 0. The van der Waals surface area contributed by atoms with Gasteiger partial charge in [0.1, 0.15) is 6.61 Å². The first-order chi connectivity index (χ1) is 11.7. The third kappa shape index (κ3) is 5.64. The predicted octanol–water partition coefficient (Wildman–Crippen LogP) is 2.29. The van der Waals surface area contributed by atoms with E-state index >= 15 is 0 Å². The Labute approximate surface area is 143 Å². The number of hydrogen-bond donors (Lipinski definition) is 0. The Bertz CT molecular complexity index is 531. The van der Waals surface area contributed by atoms with Crippen LogP contribution in [0, 0.1) is 11.8 Å². The van der Waals surface area contributed by atoms with Crippen molar-refractivity contribution < 1.29 is 19.1 Å². The van der Waals surface area contributed by atoms with Gasteiger partial charge in [-0.05, 0) is 37.7 Å². The molecule has 132 valence electrons. The van der Waals surface area contributed by atoms with Crippen LogP contribution in [0.15, 0.2) is 30.3 Å². The lowest BCUT2D eigenvalue weighted by atomic mass is 10.1. The highest BCUT2D eigenvalue weighted by Crippen LogP contribution is 2.40. The maximum atomic E-state index is 12.2. The topological polar surface area (TPSA) is 55.8 Å². The molecule has 1 fully saturated rings. The van der Waals surface area contributed by atoms with Crippen LogP contribution < -0.4 is 0 Å². The molecule has 0 aromatic heterocycles. The number of rotatable bonds is 10. The summed E-state index contributed by atoms with van der Waals surface area (Å²) in [5.41, 5.74) is 1.27. The summed E-state index contributed by atoms with van der Waals surface area (Å²) in [5, 5.41) is 0. The van der Waals surface area contributed by atoms with Gasteiger partial charge in [0.15, 0.2) is 0 Å². The summed E-state index contributed by atoms with van der Waals surface area (Å²) in [6.45, 7) is 3.60. The van der Waals surface area contributed by atoms with Gasteiger partial charge < -0.3 is 14.4 Å². The van der Waals surface area contributed by atoms with E-state index in [1.165, 1.54) is 12.7 Å². The molecule has 2 rings (SSSR count). The Morgan fingerprint density at radius 3 is 2.67 bits per heavy atom. The minimum absolute atomic E-state index is 0.0138. The number of carbonyl (C=O) groups is 2. The van der Waals surface area contributed by atoms with Crippen LogP contribution in [0.1, 0.15) is 25.3 Å². The van der Waals surface area contributed by atoms with Crippen LogP contribution >= 0.6 is 0 Å². The van der Waals surface area contributed by atoms with Gasteiger partial charge >= 0.3 is 5.97 Å². The molecule has 5 heteroatoms. The van der Waals surface area contributed by atoms with E-state index in [9.17, 15) is 9.59 Å². The summed E-state index contributed by atoms with van der Waals surface area (Å²) in [7, 11) is 1.53. The average molecular weight is 333 g/mol. The van der Waals surface area contributed by atoms with E-state index in [-0.39, 0.29) is 30.3 Å². The number of amides is 1. The minimum atomic E-state index is -0.133. The zero-order valence-corrected chi connectivity index (χ0v) is 14.6. The summed E-state index contributed by atoms with van der Waals surface area (Å²) < 4.78 is 10.0. The Balaban J connectivity index is 1.82. The zero-order chi connectivity index (χ0) is 17.4. The molecule has 24 heavy (non-hydrogen) atoms. The third-order valence-electron chi connectivity index (χ3n) is 4.32. The quantitative estimate of drug-likeness (QED) is 0.617. The molecule has 0 bridgehead atoms. The van der Waals surface area contributed by atoms with Crippen molar-refractivity contribution in [3.8, 4) is 0 Å². The van der Waals surface area contributed by atoms with Gasteiger partial charge in [-0.15, -0.1) is 0 Å². The van der Waals surface area contributed by atoms with E-state index in [4.69, 9.17) is 9.47 Å². The summed E-state index contributed by atoms with van der Waals surface area (Å²) in [6.07, 6.45) is 2.65. The van der Waals surface area contributed by atoms with Crippen molar-refractivity contribution in [3.05, 3.63) is 35.9 Å². The van der Waals surface area contributed by atoms with Crippen LogP contribution in [-0.2, 0) is 25.5 Å². The van der Waals surface area contributed by atoms with Crippen molar-refractivity contribution in [1.82, 2.24) is 4.90 Å². The number of aryl methyl sites for hydroxylation is 1. The van der Waals surface area contributed by atoms with Crippen LogP contribution in [0.5, 0.6) is 0 Å².